The summed E-state index contributed by atoms with van der Waals surface area (Å²) in [5.41, 5.74) is 5.14. The normalized spacial score (nSPS) is 16.7. The minimum atomic E-state index is -0.199. The lowest BCUT2D eigenvalue weighted by Crippen LogP contribution is -2.31. The van der Waals surface area contributed by atoms with Crippen LogP contribution in [0, 0.1) is 6.92 Å². The quantitative estimate of drug-likeness (QED) is 0.820. The Hall–Kier alpha value is -2.62. The van der Waals surface area contributed by atoms with Gasteiger partial charge in [0.15, 0.2) is 12.4 Å². The molecule has 4 heteroatoms. The Morgan fingerprint density at radius 1 is 1.22 bits per heavy atom. The largest absolute Gasteiger partial charge is 0.483 e. The van der Waals surface area contributed by atoms with Crippen molar-refractivity contribution in [2.75, 3.05) is 6.61 Å². The summed E-state index contributed by atoms with van der Waals surface area (Å²) in [6.45, 7) is 8.03. The third-order valence-corrected chi connectivity index (χ3v) is 5.31. The second-order valence-electron chi connectivity index (χ2n) is 7.37. The van der Waals surface area contributed by atoms with Crippen LogP contribution in [0.4, 0.5) is 0 Å². The summed E-state index contributed by atoms with van der Waals surface area (Å²) in [5.74, 6) is 0.618. The third kappa shape index (κ3) is 4.05. The monoisotopic (exact) mass is 365 g/mol. The van der Waals surface area contributed by atoms with Crippen molar-refractivity contribution in [1.29, 1.82) is 0 Å². The minimum absolute atomic E-state index is 0.0981. The predicted molar refractivity (Wildman–Crippen MR) is 106 cm³/mol. The average molecular weight is 365 g/mol. The third-order valence-electron chi connectivity index (χ3n) is 5.31. The number of ether oxygens (including phenoxy) is 1. The van der Waals surface area contributed by atoms with Gasteiger partial charge >= 0.3 is 0 Å². The number of hydrogen-bond acceptors (Lipinski definition) is 3. The van der Waals surface area contributed by atoms with E-state index in [1.807, 2.05) is 32.0 Å². The number of carbonyl (C=O) groups excluding carboxylic acids is 2. The fourth-order valence-electron chi connectivity index (χ4n) is 3.78. The Kier molecular flexibility index (Phi) is 5.64. The van der Waals surface area contributed by atoms with E-state index in [4.69, 9.17) is 4.74 Å². The van der Waals surface area contributed by atoms with Crippen LogP contribution in [0.5, 0.6) is 5.75 Å². The van der Waals surface area contributed by atoms with Gasteiger partial charge in [-0.25, -0.2) is 0 Å². The Morgan fingerprint density at radius 2 is 1.93 bits per heavy atom. The van der Waals surface area contributed by atoms with Crippen molar-refractivity contribution in [3.8, 4) is 5.75 Å². The number of Topliss-reactive ketones (excluding diaryl/α,β-unsaturated/α-hetero) is 1. The fourth-order valence-corrected chi connectivity index (χ4v) is 3.78. The molecule has 0 unspecified atom stereocenters. The molecule has 2 aromatic rings. The van der Waals surface area contributed by atoms with Crippen LogP contribution < -0.4 is 10.1 Å². The molecule has 0 saturated heterocycles. The zero-order valence-corrected chi connectivity index (χ0v) is 16.5. The summed E-state index contributed by atoms with van der Waals surface area (Å²) in [7, 11) is 0. The second-order valence-corrected chi connectivity index (χ2v) is 7.37. The molecule has 2 aromatic carbocycles. The highest BCUT2D eigenvalue weighted by atomic mass is 16.5. The molecule has 0 spiro atoms. The van der Waals surface area contributed by atoms with Crippen LogP contribution in [0.1, 0.15) is 71.8 Å². The summed E-state index contributed by atoms with van der Waals surface area (Å²) in [5, 5.41) is 2.95. The van der Waals surface area contributed by atoms with Crippen molar-refractivity contribution in [3.63, 3.8) is 0 Å². The molecule has 1 aliphatic carbocycles. The first-order valence-corrected chi connectivity index (χ1v) is 9.58. The minimum Gasteiger partial charge on any atom is -0.483 e. The van der Waals surface area contributed by atoms with Gasteiger partial charge in [0.25, 0.3) is 5.91 Å². The maximum atomic E-state index is 12.3. The number of fused-ring (bicyclic) bond motifs is 1. The highest BCUT2D eigenvalue weighted by molar-refractivity contribution is 6.04. The lowest BCUT2D eigenvalue weighted by molar-refractivity contribution is -0.123. The first-order chi connectivity index (χ1) is 12.9. The molecule has 1 aliphatic rings. The van der Waals surface area contributed by atoms with Gasteiger partial charge in [-0.05, 0) is 54.5 Å². The molecule has 1 N–H and O–H groups in total. The second kappa shape index (κ2) is 7.95. The molecule has 0 saturated carbocycles. The summed E-state index contributed by atoms with van der Waals surface area (Å²) in [4.78, 5) is 24.6. The van der Waals surface area contributed by atoms with E-state index < -0.39 is 0 Å². The van der Waals surface area contributed by atoms with Crippen molar-refractivity contribution in [1.82, 2.24) is 5.32 Å². The van der Waals surface area contributed by atoms with Crippen molar-refractivity contribution >= 4 is 11.7 Å². The molecule has 0 aromatic heterocycles. The summed E-state index contributed by atoms with van der Waals surface area (Å²) < 4.78 is 5.72. The van der Waals surface area contributed by atoms with Gasteiger partial charge in [-0.1, -0.05) is 44.2 Å². The zero-order valence-electron chi connectivity index (χ0n) is 16.5. The van der Waals surface area contributed by atoms with Gasteiger partial charge in [0.05, 0.1) is 11.6 Å². The Balaban J connectivity index is 1.64. The standard InChI is InChI=1S/C23H27NO3/c1-5-17-7-9-18(10-8-17)16(4)24-21(26)13-27-20-11-6-14(2)22-15(3)12-19(25)23(20)22/h6-11,15-16H,5,12-13H2,1-4H3,(H,24,26)/t15-,16+/m0/s1. The van der Waals surface area contributed by atoms with Crippen molar-refractivity contribution in [2.24, 2.45) is 0 Å². The van der Waals surface area contributed by atoms with Gasteiger partial charge in [0.2, 0.25) is 0 Å². The van der Waals surface area contributed by atoms with E-state index in [1.54, 1.807) is 6.07 Å². The van der Waals surface area contributed by atoms with Crippen LogP contribution in [0.25, 0.3) is 0 Å². The van der Waals surface area contributed by atoms with E-state index >= 15 is 0 Å². The molecule has 142 valence electrons. The lowest BCUT2D eigenvalue weighted by atomic mass is 9.97. The Morgan fingerprint density at radius 3 is 2.59 bits per heavy atom. The number of ketones is 1. The zero-order chi connectivity index (χ0) is 19.6. The summed E-state index contributed by atoms with van der Waals surface area (Å²) in [6, 6.07) is 11.9. The first-order valence-electron chi connectivity index (χ1n) is 9.58. The van der Waals surface area contributed by atoms with E-state index in [-0.39, 0.29) is 30.3 Å². The molecule has 0 bridgehead atoms. The molecular formula is C23H27NO3. The van der Waals surface area contributed by atoms with Crippen LogP contribution >= 0.6 is 0 Å². The molecule has 0 aliphatic heterocycles. The van der Waals surface area contributed by atoms with E-state index in [1.165, 1.54) is 5.56 Å². The molecule has 3 rings (SSSR count). The number of amides is 1. The maximum Gasteiger partial charge on any atom is 0.258 e. The van der Waals surface area contributed by atoms with Crippen LogP contribution in [0.15, 0.2) is 36.4 Å². The predicted octanol–water partition coefficient (Wildman–Crippen LogP) is 4.50. The highest BCUT2D eigenvalue weighted by Gasteiger charge is 2.31. The van der Waals surface area contributed by atoms with E-state index in [2.05, 4.69) is 31.3 Å². The molecule has 0 heterocycles. The van der Waals surface area contributed by atoms with Crippen LogP contribution in [-0.2, 0) is 11.2 Å². The molecular weight excluding hydrogens is 338 g/mol. The number of nitrogens with one attached hydrogen (secondary N) is 1. The van der Waals surface area contributed by atoms with E-state index in [0.717, 1.165) is 23.1 Å². The topological polar surface area (TPSA) is 55.4 Å². The Bertz CT molecular complexity index is 855. The van der Waals surface area contributed by atoms with E-state index in [0.29, 0.717) is 17.7 Å². The number of carbonyl (C=O) groups is 2. The number of aryl methyl sites for hydroxylation is 2. The maximum absolute atomic E-state index is 12.3. The van der Waals surface area contributed by atoms with Crippen molar-refractivity contribution < 1.29 is 14.3 Å². The van der Waals surface area contributed by atoms with Crippen LogP contribution in [0.3, 0.4) is 0 Å². The SMILES string of the molecule is CCc1ccc([C@@H](C)NC(=O)COc2ccc(C)c3c2C(=O)C[C@@H]3C)cc1. The molecule has 1 amide bonds. The number of hydrogen-bond donors (Lipinski definition) is 1. The Labute approximate surface area is 160 Å². The number of benzene rings is 2. The summed E-state index contributed by atoms with van der Waals surface area (Å²) in [6.07, 6.45) is 1.50. The molecule has 27 heavy (non-hydrogen) atoms. The molecule has 4 nitrogen and oxygen atoms in total. The van der Waals surface area contributed by atoms with Crippen LogP contribution in [0.2, 0.25) is 0 Å². The van der Waals surface area contributed by atoms with Crippen molar-refractivity contribution in [2.45, 2.75) is 52.5 Å². The lowest BCUT2D eigenvalue weighted by Gasteiger charge is -2.16. The molecule has 2 atom stereocenters. The molecule has 0 fully saturated rings. The highest BCUT2D eigenvalue weighted by Crippen LogP contribution is 2.40. The molecule has 0 radical (unpaired) electrons. The van der Waals surface area contributed by atoms with Gasteiger partial charge in [-0.2, -0.15) is 0 Å². The fraction of sp³-hybridized carbons (Fsp3) is 0.391. The van der Waals surface area contributed by atoms with Gasteiger partial charge in [-0.15, -0.1) is 0 Å². The average Bonchev–Trinajstić information content (AvgIpc) is 2.96. The van der Waals surface area contributed by atoms with Crippen molar-refractivity contribution in [3.05, 3.63) is 64.2 Å². The van der Waals surface area contributed by atoms with E-state index in [9.17, 15) is 9.59 Å². The summed E-state index contributed by atoms with van der Waals surface area (Å²) >= 11 is 0. The number of rotatable bonds is 6. The van der Waals surface area contributed by atoms with Gasteiger partial charge in [0, 0.05) is 6.42 Å². The van der Waals surface area contributed by atoms with Gasteiger partial charge in [0.1, 0.15) is 5.75 Å². The van der Waals surface area contributed by atoms with Gasteiger partial charge < -0.3 is 10.1 Å². The van der Waals surface area contributed by atoms with Crippen LogP contribution in [-0.4, -0.2) is 18.3 Å². The smallest absolute Gasteiger partial charge is 0.258 e. The first kappa shape index (κ1) is 19.2. The van der Waals surface area contributed by atoms with Gasteiger partial charge in [-0.3, -0.25) is 9.59 Å².